The Hall–Kier alpha value is -3.03. The maximum Gasteiger partial charge on any atom is 0.168 e. The quantitative estimate of drug-likeness (QED) is 0.427. The lowest BCUT2D eigenvalue weighted by Crippen LogP contribution is -2.27. The summed E-state index contributed by atoms with van der Waals surface area (Å²) in [6.45, 7) is 3.79. The first-order valence-corrected chi connectivity index (χ1v) is 10.1. The molecule has 148 valence electrons. The van der Waals surface area contributed by atoms with Crippen LogP contribution in [0.25, 0.3) is 10.9 Å². The Balaban J connectivity index is 1.51. The summed E-state index contributed by atoms with van der Waals surface area (Å²) >= 11 is 4.91. The molecule has 1 aromatic heterocycles. The molecule has 4 rings (SSSR count). The van der Waals surface area contributed by atoms with Crippen molar-refractivity contribution in [2.24, 2.45) is 5.73 Å². The molecule has 0 aliphatic carbocycles. The van der Waals surface area contributed by atoms with Gasteiger partial charge in [0.25, 0.3) is 0 Å². The van der Waals surface area contributed by atoms with Crippen LogP contribution in [-0.2, 0) is 13.1 Å². The molecule has 0 fully saturated rings. The molecular formula is C22H24N6S. The molecule has 29 heavy (non-hydrogen) atoms. The molecule has 1 aliphatic heterocycles. The summed E-state index contributed by atoms with van der Waals surface area (Å²) in [5, 5.41) is 7.62. The highest BCUT2D eigenvalue weighted by atomic mass is 32.1. The van der Waals surface area contributed by atoms with Gasteiger partial charge in [0.1, 0.15) is 12.1 Å². The molecule has 1 aliphatic rings. The van der Waals surface area contributed by atoms with Crippen LogP contribution in [0.4, 0.5) is 11.5 Å². The summed E-state index contributed by atoms with van der Waals surface area (Å²) in [4.78, 5) is 11.3. The van der Waals surface area contributed by atoms with Crippen molar-refractivity contribution in [3.63, 3.8) is 0 Å². The number of nitrogens with two attached hydrogens (primary N) is 1. The summed E-state index contributed by atoms with van der Waals surface area (Å²) in [6, 6.07) is 14.4. The second kappa shape index (κ2) is 8.98. The molecule has 3 aromatic rings. The lowest BCUT2D eigenvalue weighted by Gasteiger charge is -2.24. The lowest BCUT2D eigenvalue weighted by atomic mass is 10.1. The Kier molecular flexibility index (Phi) is 5.97. The minimum Gasteiger partial charge on any atom is -0.376 e. The summed E-state index contributed by atoms with van der Waals surface area (Å²) in [5.41, 5.74) is 9.83. The number of hydrogen-bond acceptors (Lipinski definition) is 5. The molecule has 0 unspecified atom stereocenters. The number of anilines is 2. The molecular weight excluding hydrogens is 380 g/mol. The summed E-state index contributed by atoms with van der Waals surface area (Å²) < 4.78 is 0. The predicted octanol–water partition coefficient (Wildman–Crippen LogP) is 3.66. The van der Waals surface area contributed by atoms with Crippen LogP contribution in [0.3, 0.4) is 0 Å². The first kappa shape index (κ1) is 19.3. The highest BCUT2D eigenvalue weighted by Crippen LogP contribution is 2.23. The van der Waals surface area contributed by atoms with E-state index >= 15 is 0 Å². The van der Waals surface area contributed by atoms with Crippen molar-refractivity contribution in [3.8, 4) is 0 Å². The van der Waals surface area contributed by atoms with Crippen LogP contribution in [0, 0.1) is 0 Å². The van der Waals surface area contributed by atoms with E-state index in [1.54, 1.807) is 6.33 Å². The van der Waals surface area contributed by atoms with E-state index in [1.165, 1.54) is 11.1 Å². The molecule has 2 aromatic carbocycles. The first-order chi connectivity index (χ1) is 14.2. The van der Waals surface area contributed by atoms with Gasteiger partial charge < -0.3 is 16.4 Å². The number of benzene rings is 2. The summed E-state index contributed by atoms with van der Waals surface area (Å²) in [7, 11) is 0. The van der Waals surface area contributed by atoms with Crippen LogP contribution in [-0.4, -0.2) is 33.1 Å². The van der Waals surface area contributed by atoms with Gasteiger partial charge in [0.05, 0.1) is 5.52 Å². The zero-order chi connectivity index (χ0) is 20.1. The third-order valence-electron chi connectivity index (χ3n) is 5.00. The van der Waals surface area contributed by atoms with Gasteiger partial charge in [0.15, 0.2) is 5.11 Å². The van der Waals surface area contributed by atoms with E-state index in [0.29, 0.717) is 6.54 Å². The molecule has 0 atom stereocenters. The number of rotatable bonds is 6. The molecule has 0 radical (unpaired) electrons. The molecule has 6 nitrogen and oxygen atoms in total. The van der Waals surface area contributed by atoms with Crippen LogP contribution in [0.1, 0.15) is 17.5 Å². The van der Waals surface area contributed by atoms with Gasteiger partial charge in [-0.3, -0.25) is 4.90 Å². The highest BCUT2D eigenvalue weighted by molar-refractivity contribution is 7.80. The standard InChI is InChI=1S/C22H24N6S/c23-22(29)27-18-8-9-19-20(12-18)25-15-26-21(19)24-13-16-6-2-3-7-17(16)14-28-10-4-1-5-11-28/h1-4,6-9,12,15H,5,10-11,13-14H2,(H3,23,27,29)(H,24,25,26). The lowest BCUT2D eigenvalue weighted by molar-refractivity contribution is 0.290. The fourth-order valence-electron chi connectivity index (χ4n) is 3.56. The third kappa shape index (κ3) is 4.88. The van der Waals surface area contributed by atoms with Gasteiger partial charge in [-0.15, -0.1) is 0 Å². The van der Waals surface area contributed by atoms with Gasteiger partial charge in [0.2, 0.25) is 0 Å². The van der Waals surface area contributed by atoms with Crippen molar-refractivity contribution in [1.82, 2.24) is 14.9 Å². The maximum absolute atomic E-state index is 5.56. The van der Waals surface area contributed by atoms with E-state index in [2.05, 4.69) is 61.9 Å². The number of nitrogens with one attached hydrogen (secondary N) is 2. The average Bonchev–Trinajstić information content (AvgIpc) is 2.73. The Bertz CT molecular complexity index is 1050. The van der Waals surface area contributed by atoms with Gasteiger partial charge in [-0.05, 0) is 48.0 Å². The molecule has 0 amide bonds. The second-order valence-electron chi connectivity index (χ2n) is 7.06. The van der Waals surface area contributed by atoms with Crippen molar-refractivity contribution >= 4 is 39.7 Å². The van der Waals surface area contributed by atoms with E-state index in [1.807, 2.05) is 18.2 Å². The molecule has 0 saturated carbocycles. The minimum atomic E-state index is 0.234. The van der Waals surface area contributed by atoms with Crippen LogP contribution >= 0.6 is 12.2 Å². The SMILES string of the molecule is NC(=S)Nc1ccc2c(NCc3ccccc3CN3CC=CCC3)ncnc2c1. The maximum atomic E-state index is 5.56. The van der Waals surface area contributed by atoms with Gasteiger partial charge in [-0.1, -0.05) is 36.4 Å². The Morgan fingerprint density at radius 3 is 2.76 bits per heavy atom. The monoisotopic (exact) mass is 404 g/mol. The second-order valence-corrected chi connectivity index (χ2v) is 7.50. The van der Waals surface area contributed by atoms with Gasteiger partial charge >= 0.3 is 0 Å². The number of aromatic nitrogens is 2. The van der Waals surface area contributed by atoms with Gasteiger partial charge in [0, 0.05) is 37.3 Å². The van der Waals surface area contributed by atoms with Crippen LogP contribution in [0.5, 0.6) is 0 Å². The first-order valence-electron chi connectivity index (χ1n) is 9.68. The predicted molar refractivity (Wildman–Crippen MR) is 123 cm³/mol. The fourth-order valence-corrected chi connectivity index (χ4v) is 3.67. The fraction of sp³-hybridized carbons (Fsp3) is 0.227. The molecule has 4 N–H and O–H groups in total. The number of thiocarbonyl (C=S) groups is 1. The minimum absolute atomic E-state index is 0.234. The highest BCUT2D eigenvalue weighted by Gasteiger charge is 2.11. The number of fused-ring (bicyclic) bond motifs is 1. The van der Waals surface area contributed by atoms with E-state index in [-0.39, 0.29) is 5.11 Å². The normalized spacial score (nSPS) is 14.1. The third-order valence-corrected chi connectivity index (χ3v) is 5.11. The van der Waals surface area contributed by atoms with E-state index in [0.717, 1.165) is 48.5 Å². The smallest absolute Gasteiger partial charge is 0.168 e. The molecule has 7 heteroatoms. The van der Waals surface area contributed by atoms with Crippen molar-refractivity contribution in [3.05, 3.63) is 72.1 Å². The number of hydrogen-bond donors (Lipinski definition) is 3. The van der Waals surface area contributed by atoms with Crippen molar-refractivity contribution in [2.45, 2.75) is 19.5 Å². The van der Waals surface area contributed by atoms with Crippen molar-refractivity contribution in [2.75, 3.05) is 23.7 Å². The summed E-state index contributed by atoms with van der Waals surface area (Å²) in [5.74, 6) is 0.813. The molecule has 0 saturated heterocycles. The molecule has 0 bridgehead atoms. The Morgan fingerprint density at radius 1 is 1.10 bits per heavy atom. The van der Waals surface area contributed by atoms with Gasteiger partial charge in [-0.2, -0.15) is 0 Å². The largest absolute Gasteiger partial charge is 0.376 e. The topological polar surface area (TPSA) is 79.1 Å². The zero-order valence-corrected chi connectivity index (χ0v) is 17.0. The van der Waals surface area contributed by atoms with Crippen LogP contribution < -0.4 is 16.4 Å². The van der Waals surface area contributed by atoms with E-state index in [9.17, 15) is 0 Å². The van der Waals surface area contributed by atoms with Crippen LogP contribution in [0.2, 0.25) is 0 Å². The van der Waals surface area contributed by atoms with Gasteiger partial charge in [-0.25, -0.2) is 9.97 Å². The Labute approximate surface area is 175 Å². The zero-order valence-electron chi connectivity index (χ0n) is 16.1. The molecule has 0 spiro atoms. The average molecular weight is 405 g/mol. The molecule has 2 heterocycles. The summed E-state index contributed by atoms with van der Waals surface area (Å²) in [6.07, 6.45) is 7.20. The number of nitrogens with zero attached hydrogens (tertiary/aromatic N) is 3. The Morgan fingerprint density at radius 2 is 1.97 bits per heavy atom. The van der Waals surface area contributed by atoms with Crippen molar-refractivity contribution in [1.29, 1.82) is 0 Å². The van der Waals surface area contributed by atoms with E-state index in [4.69, 9.17) is 18.0 Å². The van der Waals surface area contributed by atoms with Crippen LogP contribution in [0.15, 0.2) is 60.9 Å². The van der Waals surface area contributed by atoms with E-state index < -0.39 is 0 Å². The van der Waals surface area contributed by atoms with Crippen molar-refractivity contribution < 1.29 is 0 Å².